The van der Waals surface area contributed by atoms with Gasteiger partial charge >= 0.3 is 12.4 Å². The number of aromatic nitrogens is 1. The van der Waals surface area contributed by atoms with Gasteiger partial charge in [-0.1, -0.05) is 26.0 Å². The van der Waals surface area contributed by atoms with Gasteiger partial charge in [-0.05, 0) is 41.8 Å². The van der Waals surface area contributed by atoms with Crippen LogP contribution in [0.3, 0.4) is 0 Å². The third kappa shape index (κ3) is 7.24. The number of methoxy groups -OCH3 is 1. The Hall–Kier alpha value is -3.77. The number of halogens is 6. The molecule has 0 saturated carbocycles. The third-order valence-electron chi connectivity index (χ3n) is 6.36. The fourth-order valence-corrected chi connectivity index (χ4v) is 4.12. The van der Waals surface area contributed by atoms with E-state index in [1.165, 1.54) is 37.6 Å². The smallest absolute Gasteiger partial charge is 0.416 e. The summed E-state index contributed by atoms with van der Waals surface area (Å²) in [6.45, 7) is 2.68. The van der Waals surface area contributed by atoms with E-state index in [2.05, 4.69) is 15.6 Å². The number of rotatable bonds is 10. The first-order chi connectivity index (χ1) is 18.7. The molecule has 0 aliphatic carbocycles. The molecule has 1 aromatic heterocycles. The van der Waals surface area contributed by atoms with E-state index in [1.54, 1.807) is 13.8 Å². The molecule has 1 aliphatic heterocycles. The minimum Gasteiger partial charge on any atom is -0.495 e. The van der Waals surface area contributed by atoms with Crippen molar-refractivity contribution < 1.29 is 45.4 Å². The first-order valence-corrected chi connectivity index (χ1v) is 12.4. The molecule has 0 radical (unpaired) electrons. The first-order valence-electron chi connectivity index (χ1n) is 12.4. The van der Waals surface area contributed by atoms with Crippen molar-refractivity contribution in [2.75, 3.05) is 20.3 Å². The van der Waals surface area contributed by atoms with Crippen LogP contribution in [-0.2, 0) is 15.1 Å². The van der Waals surface area contributed by atoms with Gasteiger partial charge in [-0.2, -0.15) is 26.3 Å². The van der Waals surface area contributed by atoms with E-state index in [0.717, 1.165) is 12.1 Å². The SMILES string of the molecule is COc1ccc(C2=C(CNC(=O)C(C)C)C(=O)N[C@@](c3ccc(OCCCC(F)(F)F)cc3)(C(F)(F)F)C2)nc1. The van der Waals surface area contributed by atoms with Crippen molar-refractivity contribution in [3.8, 4) is 11.5 Å². The van der Waals surface area contributed by atoms with Gasteiger partial charge in [0, 0.05) is 30.9 Å². The van der Waals surface area contributed by atoms with E-state index in [0.29, 0.717) is 5.75 Å². The van der Waals surface area contributed by atoms with Crippen LogP contribution in [0.1, 0.15) is 44.4 Å². The normalized spacial score (nSPS) is 18.0. The number of hydrogen-bond donors (Lipinski definition) is 2. The Labute approximate surface area is 226 Å². The maximum atomic E-state index is 14.8. The molecule has 2 heterocycles. The zero-order valence-electron chi connectivity index (χ0n) is 22.0. The Balaban J connectivity index is 1.99. The summed E-state index contributed by atoms with van der Waals surface area (Å²) < 4.78 is 91.7. The Morgan fingerprint density at radius 3 is 2.25 bits per heavy atom. The maximum absolute atomic E-state index is 14.8. The number of carbonyl (C=O) groups excluding carboxylic acids is 2. The summed E-state index contributed by atoms with van der Waals surface area (Å²) in [5, 5.41) is 4.68. The quantitative estimate of drug-likeness (QED) is 0.297. The topological polar surface area (TPSA) is 89.5 Å². The minimum absolute atomic E-state index is 0.0136. The number of amides is 2. The lowest BCUT2D eigenvalue weighted by Crippen LogP contribution is -2.59. The van der Waals surface area contributed by atoms with Crippen molar-refractivity contribution in [2.24, 2.45) is 5.92 Å². The zero-order valence-corrected chi connectivity index (χ0v) is 22.0. The fourth-order valence-electron chi connectivity index (χ4n) is 4.12. The van der Waals surface area contributed by atoms with Crippen molar-refractivity contribution in [3.05, 3.63) is 59.4 Å². The van der Waals surface area contributed by atoms with E-state index in [-0.39, 0.29) is 53.6 Å². The van der Waals surface area contributed by atoms with Crippen LogP contribution >= 0.6 is 0 Å². The highest BCUT2D eigenvalue weighted by Crippen LogP contribution is 2.48. The summed E-state index contributed by atoms with van der Waals surface area (Å²) in [5.41, 5.74) is -3.16. The number of carbonyl (C=O) groups is 2. The molecule has 218 valence electrons. The Bertz CT molecular complexity index is 1220. The van der Waals surface area contributed by atoms with Gasteiger partial charge in [-0.25, -0.2) is 0 Å². The molecule has 40 heavy (non-hydrogen) atoms. The third-order valence-corrected chi connectivity index (χ3v) is 6.36. The minimum atomic E-state index is -4.97. The van der Waals surface area contributed by atoms with Gasteiger partial charge in [0.25, 0.3) is 0 Å². The summed E-state index contributed by atoms with van der Waals surface area (Å²) in [6, 6.07) is 7.54. The largest absolute Gasteiger partial charge is 0.495 e. The van der Waals surface area contributed by atoms with E-state index >= 15 is 0 Å². The number of benzene rings is 1. The molecule has 1 atom stereocenters. The van der Waals surface area contributed by atoms with Crippen LogP contribution in [0.15, 0.2) is 48.2 Å². The molecule has 2 N–H and O–H groups in total. The lowest BCUT2D eigenvalue weighted by molar-refractivity contribution is -0.201. The molecule has 13 heteroatoms. The molecule has 2 amide bonds. The van der Waals surface area contributed by atoms with Gasteiger partial charge in [0.05, 0.1) is 25.6 Å². The molecule has 0 saturated heterocycles. The van der Waals surface area contributed by atoms with Crippen LogP contribution in [-0.4, -0.2) is 49.4 Å². The van der Waals surface area contributed by atoms with Crippen LogP contribution in [0.4, 0.5) is 26.3 Å². The number of nitrogens with zero attached hydrogens (tertiary/aromatic N) is 1. The standard InChI is InChI=1S/C27H29F6N3O4/c1-16(2)23(37)35-15-21-20(22-10-9-19(39-3)14-34-22)13-25(27(31,32)33,36-24(21)38)17-5-7-18(8-6-17)40-12-4-11-26(28,29)30/h5-10,14,16H,4,11-13,15H2,1-3H3,(H,35,37)(H,36,38)/t25-/m0/s1. The van der Waals surface area contributed by atoms with Crippen LogP contribution in [0.25, 0.3) is 5.57 Å². The predicted molar refractivity (Wildman–Crippen MR) is 133 cm³/mol. The van der Waals surface area contributed by atoms with Crippen LogP contribution in [0.2, 0.25) is 0 Å². The van der Waals surface area contributed by atoms with E-state index in [4.69, 9.17) is 9.47 Å². The highest BCUT2D eigenvalue weighted by Gasteiger charge is 2.59. The molecule has 0 unspecified atom stereocenters. The average Bonchev–Trinajstić information content (AvgIpc) is 2.89. The van der Waals surface area contributed by atoms with E-state index in [1.807, 2.05) is 0 Å². The van der Waals surface area contributed by atoms with Gasteiger partial charge in [0.2, 0.25) is 11.8 Å². The van der Waals surface area contributed by atoms with Gasteiger partial charge in [0.15, 0.2) is 5.54 Å². The molecule has 2 aromatic rings. The molecule has 3 rings (SSSR count). The molecule has 0 spiro atoms. The monoisotopic (exact) mass is 573 g/mol. The van der Waals surface area contributed by atoms with E-state index < -0.39 is 42.6 Å². The van der Waals surface area contributed by atoms with E-state index in [9.17, 15) is 35.9 Å². The Morgan fingerprint density at radius 2 is 1.73 bits per heavy atom. The molecular formula is C27H29F6N3O4. The lowest BCUT2D eigenvalue weighted by Gasteiger charge is -2.41. The van der Waals surface area contributed by atoms with Gasteiger partial charge in [-0.15, -0.1) is 0 Å². The highest BCUT2D eigenvalue weighted by molar-refractivity contribution is 6.04. The summed E-state index contributed by atoms with van der Waals surface area (Å²) in [4.78, 5) is 29.6. The Morgan fingerprint density at radius 1 is 1.07 bits per heavy atom. The van der Waals surface area contributed by atoms with Crippen molar-refractivity contribution in [1.82, 2.24) is 15.6 Å². The number of pyridine rings is 1. The van der Waals surface area contributed by atoms with Crippen molar-refractivity contribution in [2.45, 2.75) is 51.0 Å². The van der Waals surface area contributed by atoms with Crippen LogP contribution in [0, 0.1) is 5.92 Å². The number of nitrogens with one attached hydrogen (secondary N) is 2. The second kappa shape index (κ2) is 12.2. The first kappa shape index (κ1) is 30.8. The molecule has 0 fully saturated rings. The lowest BCUT2D eigenvalue weighted by atomic mass is 9.77. The number of hydrogen-bond acceptors (Lipinski definition) is 5. The van der Waals surface area contributed by atoms with Crippen LogP contribution < -0.4 is 20.1 Å². The molecule has 0 bridgehead atoms. The fraction of sp³-hybridized carbons (Fsp3) is 0.444. The van der Waals surface area contributed by atoms with Gasteiger partial charge in [-0.3, -0.25) is 14.6 Å². The van der Waals surface area contributed by atoms with Crippen LogP contribution in [0.5, 0.6) is 11.5 Å². The maximum Gasteiger partial charge on any atom is 0.416 e. The van der Waals surface area contributed by atoms with Crippen molar-refractivity contribution >= 4 is 17.4 Å². The molecule has 1 aliphatic rings. The summed E-state index contributed by atoms with van der Waals surface area (Å²) >= 11 is 0. The summed E-state index contributed by atoms with van der Waals surface area (Å²) in [5.74, 6) is -1.41. The second-order valence-corrected chi connectivity index (χ2v) is 9.54. The molecular weight excluding hydrogens is 544 g/mol. The highest BCUT2D eigenvalue weighted by atomic mass is 19.4. The average molecular weight is 574 g/mol. The predicted octanol–water partition coefficient (Wildman–Crippen LogP) is 5.32. The number of alkyl halides is 6. The molecule has 7 nitrogen and oxygen atoms in total. The summed E-state index contributed by atoms with van der Waals surface area (Å²) in [7, 11) is 1.40. The Kier molecular flexibility index (Phi) is 9.36. The van der Waals surface area contributed by atoms with Crippen molar-refractivity contribution in [3.63, 3.8) is 0 Å². The second-order valence-electron chi connectivity index (χ2n) is 9.54. The van der Waals surface area contributed by atoms with Gasteiger partial charge in [0.1, 0.15) is 11.5 Å². The van der Waals surface area contributed by atoms with Crippen molar-refractivity contribution in [1.29, 1.82) is 0 Å². The number of ether oxygens (including phenoxy) is 2. The molecule has 1 aromatic carbocycles. The summed E-state index contributed by atoms with van der Waals surface area (Å²) in [6.07, 6.45) is -10.1. The zero-order chi connectivity index (χ0) is 29.7. The van der Waals surface area contributed by atoms with Gasteiger partial charge < -0.3 is 20.1 Å².